The number of alkyl carbamates (subject to hydrolysis) is 1. The predicted molar refractivity (Wildman–Crippen MR) is 79.9 cm³/mol. The molecular weight excluding hydrogens is 278 g/mol. The maximum absolute atomic E-state index is 11.5. The van der Waals surface area contributed by atoms with Crippen molar-refractivity contribution in [3.05, 3.63) is 28.5 Å². The lowest BCUT2D eigenvalue weighted by Gasteiger charge is -2.21. The molecule has 1 aromatic heterocycles. The fraction of sp³-hybridized carbons (Fsp3) is 0.571. The van der Waals surface area contributed by atoms with Crippen LogP contribution in [0.1, 0.15) is 32.0 Å². The molecule has 6 heteroatoms. The summed E-state index contributed by atoms with van der Waals surface area (Å²) >= 11 is 6.04. The van der Waals surface area contributed by atoms with Crippen molar-refractivity contribution in [2.75, 3.05) is 6.54 Å². The first kappa shape index (κ1) is 16.7. The molecule has 1 rings (SSSR count). The van der Waals surface area contributed by atoms with Gasteiger partial charge in [-0.3, -0.25) is 0 Å². The second kappa shape index (κ2) is 6.90. The third-order valence-corrected chi connectivity index (χ3v) is 2.78. The third-order valence-electron chi connectivity index (χ3n) is 2.45. The number of nitrogens with two attached hydrogens (primary N) is 1. The summed E-state index contributed by atoms with van der Waals surface area (Å²) in [5.74, 6) is 0. The number of nitrogens with zero attached hydrogens (tertiary/aromatic N) is 1. The van der Waals surface area contributed by atoms with Crippen LogP contribution in [-0.2, 0) is 11.2 Å². The van der Waals surface area contributed by atoms with E-state index in [-0.39, 0.29) is 6.04 Å². The van der Waals surface area contributed by atoms with E-state index in [9.17, 15) is 4.79 Å². The van der Waals surface area contributed by atoms with Gasteiger partial charge in [-0.15, -0.1) is 0 Å². The lowest BCUT2D eigenvalue weighted by molar-refractivity contribution is 0.0524. The van der Waals surface area contributed by atoms with Gasteiger partial charge in [0.2, 0.25) is 0 Å². The van der Waals surface area contributed by atoms with Crippen molar-refractivity contribution in [3.8, 4) is 0 Å². The maximum Gasteiger partial charge on any atom is 0.407 e. The van der Waals surface area contributed by atoms with Gasteiger partial charge in [0.15, 0.2) is 0 Å². The summed E-state index contributed by atoms with van der Waals surface area (Å²) in [5, 5.41) is 3.10. The highest BCUT2D eigenvalue weighted by Gasteiger charge is 2.17. The fourth-order valence-electron chi connectivity index (χ4n) is 1.59. The number of rotatable bonds is 4. The number of nitrogens with one attached hydrogen (secondary N) is 1. The molecule has 5 nitrogen and oxygen atoms in total. The minimum absolute atomic E-state index is 0.246. The molecule has 20 heavy (non-hydrogen) atoms. The molecule has 1 atom stereocenters. The molecule has 0 bridgehead atoms. The second-order valence-corrected chi connectivity index (χ2v) is 6.11. The molecule has 0 saturated heterocycles. The van der Waals surface area contributed by atoms with Crippen molar-refractivity contribution >= 4 is 17.7 Å². The second-order valence-electron chi connectivity index (χ2n) is 5.75. The number of aryl methyl sites for hydroxylation is 1. The Morgan fingerprint density at radius 3 is 2.70 bits per heavy atom. The molecule has 0 aromatic carbocycles. The van der Waals surface area contributed by atoms with Crippen LogP contribution in [-0.4, -0.2) is 29.3 Å². The molecule has 1 aromatic rings. The summed E-state index contributed by atoms with van der Waals surface area (Å²) in [6, 6.07) is 3.54. The predicted octanol–water partition coefficient (Wildman–Crippen LogP) is 2.44. The van der Waals surface area contributed by atoms with Crippen LogP contribution < -0.4 is 11.1 Å². The normalized spacial score (nSPS) is 12.9. The lowest BCUT2D eigenvalue weighted by atomic mass is 10.1. The van der Waals surface area contributed by atoms with Crippen molar-refractivity contribution in [2.24, 2.45) is 5.73 Å². The minimum atomic E-state index is -0.516. The number of hydrogen-bond acceptors (Lipinski definition) is 4. The average Bonchev–Trinajstić information content (AvgIpc) is 2.28. The van der Waals surface area contributed by atoms with Gasteiger partial charge >= 0.3 is 6.09 Å². The van der Waals surface area contributed by atoms with Crippen LogP contribution >= 0.6 is 11.6 Å². The Kier molecular flexibility index (Phi) is 5.77. The summed E-state index contributed by atoms with van der Waals surface area (Å²) in [5.41, 5.74) is 7.18. The van der Waals surface area contributed by atoms with Gasteiger partial charge in [-0.2, -0.15) is 0 Å². The zero-order chi connectivity index (χ0) is 15.3. The number of hydrogen-bond donors (Lipinski definition) is 2. The van der Waals surface area contributed by atoms with Gasteiger partial charge in [-0.05, 0) is 45.7 Å². The molecular formula is C14H22ClN3O2. The Balaban J connectivity index is 2.44. The summed E-state index contributed by atoms with van der Waals surface area (Å²) in [6.45, 7) is 7.62. The van der Waals surface area contributed by atoms with Gasteiger partial charge in [0, 0.05) is 18.3 Å². The van der Waals surface area contributed by atoms with Crippen molar-refractivity contribution < 1.29 is 9.53 Å². The number of halogens is 1. The molecule has 0 aliphatic rings. The molecule has 1 amide bonds. The highest BCUT2D eigenvalue weighted by atomic mass is 35.5. The van der Waals surface area contributed by atoms with Gasteiger partial charge in [-0.1, -0.05) is 17.7 Å². The highest BCUT2D eigenvalue weighted by Crippen LogP contribution is 2.15. The van der Waals surface area contributed by atoms with Crippen LogP contribution in [0.2, 0.25) is 5.15 Å². The monoisotopic (exact) mass is 299 g/mol. The molecule has 0 aliphatic carbocycles. The molecule has 0 spiro atoms. The minimum Gasteiger partial charge on any atom is -0.444 e. The number of ether oxygens (including phenoxy) is 1. The van der Waals surface area contributed by atoms with Gasteiger partial charge in [0.25, 0.3) is 0 Å². The van der Waals surface area contributed by atoms with E-state index < -0.39 is 11.7 Å². The molecule has 0 fully saturated rings. The van der Waals surface area contributed by atoms with E-state index in [1.54, 1.807) is 0 Å². The van der Waals surface area contributed by atoms with E-state index in [0.29, 0.717) is 18.1 Å². The van der Waals surface area contributed by atoms with Gasteiger partial charge < -0.3 is 15.8 Å². The van der Waals surface area contributed by atoms with Gasteiger partial charge in [-0.25, -0.2) is 9.78 Å². The Morgan fingerprint density at radius 1 is 1.50 bits per heavy atom. The highest BCUT2D eigenvalue weighted by molar-refractivity contribution is 6.30. The van der Waals surface area contributed by atoms with E-state index in [1.807, 2.05) is 39.8 Å². The molecule has 1 unspecified atom stereocenters. The molecule has 3 N–H and O–H groups in total. The number of carbonyl (C=O) groups excluding carboxylic acids is 1. The maximum atomic E-state index is 11.5. The first-order chi connectivity index (χ1) is 9.17. The topological polar surface area (TPSA) is 77.2 Å². The van der Waals surface area contributed by atoms with Gasteiger partial charge in [0.05, 0.1) is 0 Å². The number of carbonyl (C=O) groups is 1. The van der Waals surface area contributed by atoms with Crippen molar-refractivity contribution in [1.82, 2.24) is 10.3 Å². The van der Waals surface area contributed by atoms with Crippen LogP contribution in [0.25, 0.3) is 0 Å². The van der Waals surface area contributed by atoms with Crippen molar-refractivity contribution in [2.45, 2.75) is 45.8 Å². The standard InChI is InChI=1S/C14H22ClN3O2/c1-9-5-6-10(12(15)18-9)7-11(16)8-17-13(19)20-14(2,3)4/h5-6,11H,7-8,16H2,1-4H3,(H,17,19). The summed E-state index contributed by atoms with van der Waals surface area (Å²) in [6.07, 6.45) is 0.0723. The fourth-order valence-corrected chi connectivity index (χ4v) is 1.86. The molecule has 112 valence electrons. The largest absolute Gasteiger partial charge is 0.444 e. The zero-order valence-electron chi connectivity index (χ0n) is 12.4. The Morgan fingerprint density at radius 2 is 2.15 bits per heavy atom. The van der Waals surface area contributed by atoms with E-state index in [1.165, 1.54) is 0 Å². The third kappa shape index (κ3) is 6.21. The number of pyridine rings is 1. The average molecular weight is 300 g/mol. The zero-order valence-corrected chi connectivity index (χ0v) is 13.1. The Hall–Kier alpha value is -1.33. The van der Waals surface area contributed by atoms with Crippen molar-refractivity contribution in [1.29, 1.82) is 0 Å². The van der Waals surface area contributed by atoms with Crippen LogP contribution in [0.3, 0.4) is 0 Å². The smallest absolute Gasteiger partial charge is 0.407 e. The summed E-state index contributed by atoms with van der Waals surface area (Å²) in [7, 11) is 0. The first-order valence-corrected chi connectivity index (χ1v) is 6.89. The Bertz CT molecular complexity index is 472. The SMILES string of the molecule is Cc1ccc(CC(N)CNC(=O)OC(C)(C)C)c(Cl)n1. The first-order valence-electron chi connectivity index (χ1n) is 6.52. The quantitative estimate of drug-likeness (QED) is 0.837. The van der Waals surface area contributed by atoms with Crippen LogP contribution in [0.15, 0.2) is 12.1 Å². The number of aromatic nitrogens is 1. The Labute approximate surface area is 124 Å². The van der Waals surface area contributed by atoms with Gasteiger partial charge in [0.1, 0.15) is 10.8 Å². The van der Waals surface area contributed by atoms with Crippen LogP contribution in [0.4, 0.5) is 4.79 Å². The summed E-state index contributed by atoms with van der Waals surface area (Å²) in [4.78, 5) is 15.7. The molecule has 1 heterocycles. The van der Waals surface area contributed by atoms with E-state index in [2.05, 4.69) is 10.3 Å². The van der Waals surface area contributed by atoms with Crippen LogP contribution in [0, 0.1) is 6.92 Å². The van der Waals surface area contributed by atoms with E-state index >= 15 is 0 Å². The van der Waals surface area contributed by atoms with E-state index in [0.717, 1.165) is 11.3 Å². The van der Waals surface area contributed by atoms with Crippen molar-refractivity contribution in [3.63, 3.8) is 0 Å². The number of amides is 1. The molecule has 0 aliphatic heterocycles. The van der Waals surface area contributed by atoms with E-state index in [4.69, 9.17) is 22.1 Å². The van der Waals surface area contributed by atoms with Crippen LogP contribution in [0.5, 0.6) is 0 Å². The molecule has 0 saturated carbocycles. The summed E-state index contributed by atoms with van der Waals surface area (Å²) < 4.78 is 5.13. The lowest BCUT2D eigenvalue weighted by Crippen LogP contribution is -2.41. The molecule has 0 radical (unpaired) electrons.